The summed E-state index contributed by atoms with van der Waals surface area (Å²) in [7, 11) is 0. The van der Waals surface area contributed by atoms with Gasteiger partial charge >= 0.3 is 0 Å². The molecule has 1 amide bonds. The predicted molar refractivity (Wildman–Crippen MR) is 107 cm³/mol. The number of pyridine rings is 1. The first kappa shape index (κ1) is 18.4. The largest absolute Gasteiger partial charge is 0.354 e. The van der Waals surface area contributed by atoms with E-state index in [2.05, 4.69) is 39.1 Å². The smallest absolute Gasteiger partial charge is 0.223 e. The minimum absolute atomic E-state index is 0.246. The number of carbonyl (C=O) groups is 1. The van der Waals surface area contributed by atoms with Gasteiger partial charge in [0.25, 0.3) is 0 Å². The van der Waals surface area contributed by atoms with Gasteiger partial charge < -0.3 is 9.80 Å². The molecule has 0 unspecified atom stereocenters. The number of anilines is 1. The van der Waals surface area contributed by atoms with Crippen molar-refractivity contribution in [3.63, 3.8) is 0 Å². The fourth-order valence-corrected chi connectivity index (χ4v) is 4.38. The number of amides is 1. The number of carbonyl (C=O) groups excluding carboxylic acids is 1. The molecule has 2 aromatic rings. The lowest BCUT2D eigenvalue weighted by Gasteiger charge is -2.34. The first-order valence-electron chi connectivity index (χ1n) is 9.50. The summed E-state index contributed by atoms with van der Waals surface area (Å²) in [6.45, 7) is 3.02. The Morgan fingerprint density at radius 1 is 1.19 bits per heavy atom. The highest BCUT2D eigenvalue weighted by Gasteiger charge is 2.27. The van der Waals surface area contributed by atoms with Crippen LogP contribution in [0.5, 0.6) is 0 Å². The van der Waals surface area contributed by atoms with Gasteiger partial charge in [-0.15, -0.1) is 0 Å². The number of piperidine rings is 1. The molecule has 2 aliphatic rings. The second-order valence-electron chi connectivity index (χ2n) is 7.43. The van der Waals surface area contributed by atoms with Crippen molar-refractivity contribution >= 4 is 27.7 Å². The Balaban J connectivity index is 1.31. The molecule has 142 valence electrons. The van der Waals surface area contributed by atoms with Crippen molar-refractivity contribution in [2.24, 2.45) is 5.92 Å². The van der Waals surface area contributed by atoms with Crippen LogP contribution in [0.25, 0.3) is 0 Å². The molecular formula is C21H23BrFN3O. The number of aromatic nitrogens is 1. The minimum Gasteiger partial charge on any atom is -0.354 e. The van der Waals surface area contributed by atoms with Crippen LogP contribution >= 0.6 is 15.9 Å². The van der Waals surface area contributed by atoms with Gasteiger partial charge in [-0.05, 0) is 58.3 Å². The molecule has 0 saturated carbocycles. The molecule has 4 nitrogen and oxygen atoms in total. The normalized spacial score (nSPS) is 17.7. The zero-order valence-electron chi connectivity index (χ0n) is 15.2. The van der Waals surface area contributed by atoms with Crippen LogP contribution in [-0.4, -0.2) is 35.4 Å². The van der Waals surface area contributed by atoms with Gasteiger partial charge in [0.2, 0.25) is 5.91 Å². The Hall–Kier alpha value is -1.95. The highest BCUT2D eigenvalue weighted by molar-refractivity contribution is 9.10. The van der Waals surface area contributed by atoms with Gasteiger partial charge in [-0.1, -0.05) is 24.3 Å². The zero-order valence-corrected chi connectivity index (χ0v) is 16.8. The van der Waals surface area contributed by atoms with Crippen molar-refractivity contribution in [1.29, 1.82) is 0 Å². The Morgan fingerprint density at radius 2 is 1.93 bits per heavy atom. The van der Waals surface area contributed by atoms with Crippen molar-refractivity contribution in [2.45, 2.75) is 32.2 Å². The standard InChI is InChI=1S/C21H23BrFN3O/c22-18-12-19(23)21(24-13-18)25-8-5-15(6-9-25)11-20(27)26-10-7-16-3-1-2-4-17(16)14-26/h1-4,12-13,15H,5-11,14H2. The number of halogens is 2. The maximum atomic E-state index is 14.1. The van der Waals surface area contributed by atoms with Crippen molar-refractivity contribution in [3.8, 4) is 0 Å². The molecule has 27 heavy (non-hydrogen) atoms. The van der Waals surface area contributed by atoms with Crippen LogP contribution in [0, 0.1) is 11.7 Å². The van der Waals surface area contributed by atoms with Gasteiger partial charge in [-0.3, -0.25) is 4.79 Å². The molecule has 0 bridgehead atoms. The molecule has 0 atom stereocenters. The van der Waals surface area contributed by atoms with Crippen LogP contribution in [-0.2, 0) is 17.8 Å². The summed E-state index contributed by atoms with van der Waals surface area (Å²) in [5.74, 6) is 0.724. The molecular weight excluding hydrogens is 409 g/mol. The maximum absolute atomic E-state index is 14.1. The summed E-state index contributed by atoms with van der Waals surface area (Å²) in [6.07, 6.45) is 4.95. The molecule has 1 aromatic carbocycles. The van der Waals surface area contributed by atoms with E-state index in [1.165, 1.54) is 17.2 Å². The Labute approximate surface area is 167 Å². The van der Waals surface area contributed by atoms with Crippen LogP contribution in [0.3, 0.4) is 0 Å². The van der Waals surface area contributed by atoms with Crippen LogP contribution in [0.4, 0.5) is 10.2 Å². The fourth-order valence-electron chi connectivity index (χ4n) is 4.07. The molecule has 1 saturated heterocycles. The second kappa shape index (κ2) is 7.97. The lowest BCUT2D eigenvalue weighted by Crippen LogP contribution is -2.39. The third kappa shape index (κ3) is 4.15. The Morgan fingerprint density at radius 3 is 2.67 bits per heavy atom. The van der Waals surface area contributed by atoms with E-state index in [0.717, 1.165) is 45.4 Å². The zero-order chi connectivity index (χ0) is 18.8. The molecule has 0 N–H and O–H groups in total. The second-order valence-corrected chi connectivity index (χ2v) is 8.34. The van der Waals surface area contributed by atoms with Gasteiger partial charge in [0.05, 0.1) is 0 Å². The van der Waals surface area contributed by atoms with E-state index in [0.29, 0.717) is 22.6 Å². The molecule has 0 radical (unpaired) electrons. The van der Waals surface area contributed by atoms with Crippen LogP contribution in [0.15, 0.2) is 41.0 Å². The average Bonchev–Trinajstić information content (AvgIpc) is 2.68. The molecule has 6 heteroatoms. The van der Waals surface area contributed by atoms with Gasteiger partial charge in [0.1, 0.15) is 0 Å². The summed E-state index contributed by atoms with van der Waals surface area (Å²) in [5.41, 5.74) is 2.63. The summed E-state index contributed by atoms with van der Waals surface area (Å²) in [5, 5.41) is 0. The lowest BCUT2D eigenvalue weighted by molar-refractivity contribution is -0.133. The lowest BCUT2D eigenvalue weighted by atomic mass is 9.92. The average molecular weight is 432 g/mol. The van der Waals surface area contributed by atoms with E-state index in [4.69, 9.17) is 0 Å². The fraction of sp³-hybridized carbons (Fsp3) is 0.429. The van der Waals surface area contributed by atoms with E-state index in [1.807, 2.05) is 15.9 Å². The molecule has 4 rings (SSSR count). The molecule has 1 fully saturated rings. The minimum atomic E-state index is -0.300. The number of fused-ring (bicyclic) bond motifs is 1. The summed E-state index contributed by atoms with van der Waals surface area (Å²) in [6, 6.07) is 9.83. The van der Waals surface area contributed by atoms with E-state index >= 15 is 0 Å². The first-order valence-corrected chi connectivity index (χ1v) is 10.3. The number of hydrogen-bond acceptors (Lipinski definition) is 3. The van der Waals surface area contributed by atoms with E-state index in [9.17, 15) is 9.18 Å². The van der Waals surface area contributed by atoms with Crippen molar-refractivity contribution < 1.29 is 9.18 Å². The van der Waals surface area contributed by atoms with Gasteiger partial charge in [0, 0.05) is 43.3 Å². The van der Waals surface area contributed by atoms with Crippen LogP contribution < -0.4 is 4.90 Å². The highest BCUT2D eigenvalue weighted by atomic mass is 79.9. The molecule has 0 spiro atoms. The Bertz CT molecular complexity index is 836. The van der Waals surface area contributed by atoms with E-state index in [1.54, 1.807) is 6.20 Å². The number of rotatable bonds is 3. The monoisotopic (exact) mass is 431 g/mol. The van der Waals surface area contributed by atoms with Gasteiger partial charge in [-0.25, -0.2) is 9.37 Å². The van der Waals surface area contributed by atoms with Crippen LogP contribution in [0.1, 0.15) is 30.4 Å². The third-order valence-electron chi connectivity index (χ3n) is 5.65. The molecule has 3 heterocycles. The van der Waals surface area contributed by atoms with Crippen molar-refractivity contribution in [2.75, 3.05) is 24.5 Å². The van der Waals surface area contributed by atoms with Gasteiger partial charge in [0.15, 0.2) is 11.6 Å². The Kier molecular flexibility index (Phi) is 5.43. The molecule has 0 aliphatic carbocycles. The quantitative estimate of drug-likeness (QED) is 0.731. The molecule has 1 aromatic heterocycles. The number of benzene rings is 1. The third-order valence-corrected chi connectivity index (χ3v) is 6.08. The highest BCUT2D eigenvalue weighted by Crippen LogP contribution is 2.28. The number of hydrogen-bond donors (Lipinski definition) is 0. The SMILES string of the molecule is O=C(CC1CCN(c2ncc(Br)cc2F)CC1)N1CCc2ccccc2C1. The van der Waals surface area contributed by atoms with Crippen molar-refractivity contribution in [3.05, 3.63) is 57.9 Å². The summed E-state index contributed by atoms with van der Waals surface area (Å²) >= 11 is 3.24. The summed E-state index contributed by atoms with van der Waals surface area (Å²) < 4.78 is 14.8. The first-order chi connectivity index (χ1) is 13.1. The van der Waals surface area contributed by atoms with E-state index < -0.39 is 0 Å². The van der Waals surface area contributed by atoms with Crippen LogP contribution in [0.2, 0.25) is 0 Å². The molecule has 2 aliphatic heterocycles. The van der Waals surface area contributed by atoms with E-state index in [-0.39, 0.29) is 11.7 Å². The maximum Gasteiger partial charge on any atom is 0.223 e. The van der Waals surface area contributed by atoms with Gasteiger partial charge in [-0.2, -0.15) is 0 Å². The van der Waals surface area contributed by atoms with Crippen molar-refractivity contribution in [1.82, 2.24) is 9.88 Å². The predicted octanol–water partition coefficient (Wildman–Crippen LogP) is 4.17. The number of nitrogens with zero attached hydrogens (tertiary/aromatic N) is 3. The topological polar surface area (TPSA) is 36.4 Å². The summed E-state index contributed by atoms with van der Waals surface area (Å²) in [4.78, 5) is 20.9.